The van der Waals surface area contributed by atoms with E-state index in [4.69, 9.17) is 34.6 Å². The second kappa shape index (κ2) is 23.4. The molecule has 0 spiro atoms. The topological polar surface area (TPSA) is 147 Å². The largest absolute Gasteiger partial charge is 0.497 e. The van der Waals surface area contributed by atoms with Gasteiger partial charge in [-0.2, -0.15) is 0 Å². The van der Waals surface area contributed by atoms with Crippen molar-refractivity contribution in [1.82, 2.24) is 19.5 Å². The average molecular weight is 882 g/mol. The lowest BCUT2D eigenvalue weighted by Gasteiger charge is -2.39. The maximum absolute atomic E-state index is 13.6. The standard InChI is InChI=1S/C48H60N5O9P/c1-33(2)17-26-44(54)50-27-13-14-36-31-52(47(56)51-46(36)55)45-30-42(62-63(60-29-28-49-7)53(34(3)4)35(5)6)43(61-45)32-59-48(37-15-11-10-12-16-37,38-18-22-40(57-8)23-19-38)39-20-24-41(58-9)25-21-39/h10-12,15-16,18-25,31,33-35,42-43,45H,17,26-30,32H2,1-6,8-9H3,(H,50,54)(H,51,55,56)/t42-,43-,45-,63?/m1/s1. The molecule has 1 unspecified atom stereocenters. The highest BCUT2D eigenvalue weighted by atomic mass is 31.2. The zero-order valence-electron chi connectivity index (χ0n) is 37.5. The zero-order chi connectivity index (χ0) is 45.5. The van der Waals surface area contributed by atoms with Gasteiger partial charge in [0.2, 0.25) is 12.5 Å². The molecular weight excluding hydrogens is 822 g/mol. The predicted octanol–water partition coefficient (Wildman–Crippen LogP) is 7.42. The summed E-state index contributed by atoms with van der Waals surface area (Å²) in [6.07, 6.45) is 0.306. The van der Waals surface area contributed by atoms with Gasteiger partial charge in [0.1, 0.15) is 41.6 Å². The molecule has 63 heavy (non-hydrogen) atoms. The smallest absolute Gasteiger partial charge is 0.330 e. The number of hydrogen-bond acceptors (Lipinski definition) is 10. The van der Waals surface area contributed by atoms with Gasteiger partial charge in [-0.15, -0.1) is 0 Å². The van der Waals surface area contributed by atoms with Crippen molar-refractivity contribution >= 4 is 14.4 Å². The summed E-state index contributed by atoms with van der Waals surface area (Å²) in [4.78, 5) is 44.7. The van der Waals surface area contributed by atoms with Crippen molar-refractivity contribution in [3.63, 3.8) is 0 Å². The van der Waals surface area contributed by atoms with Gasteiger partial charge in [-0.3, -0.25) is 19.1 Å². The Morgan fingerprint density at radius 1 is 0.952 bits per heavy atom. The van der Waals surface area contributed by atoms with Gasteiger partial charge in [-0.25, -0.2) is 16.0 Å². The minimum Gasteiger partial charge on any atom is -0.497 e. The fraction of sp³-hybridized carbons (Fsp3) is 0.458. The van der Waals surface area contributed by atoms with Gasteiger partial charge in [-0.05, 0) is 81.0 Å². The molecule has 1 aromatic heterocycles. The number of carbonyl (C=O) groups is 1. The molecule has 15 heteroatoms. The molecule has 4 aromatic rings. The molecule has 2 heterocycles. The molecule has 0 saturated carbocycles. The van der Waals surface area contributed by atoms with E-state index in [9.17, 15) is 14.4 Å². The van der Waals surface area contributed by atoms with Gasteiger partial charge in [-0.1, -0.05) is 80.3 Å². The molecule has 1 aliphatic heterocycles. The number of benzene rings is 3. The highest BCUT2D eigenvalue weighted by molar-refractivity contribution is 7.44. The summed E-state index contributed by atoms with van der Waals surface area (Å²) in [5.74, 6) is 7.28. The summed E-state index contributed by atoms with van der Waals surface area (Å²) in [6, 6.07) is 25.3. The highest BCUT2D eigenvalue weighted by Gasteiger charge is 2.45. The van der Waals surface area contributed by atoms with Crippen LogP contribution in [0.3, 0.4) is 0 Å². The van der Waals surface area contributed by atoms with E-state index in [0.717, 1.165) is 23.1 Å². The van der Waals surface area contributed by atoms with Crippen LogP contribution in [0.4, 0.5) is 0 Å². The van der Waals surface area contributed by atoms with E-state index in [1.165, 1.54) is 10.8 Å². The second-order valence-electron chi connectivity index (χ2n) is 16.1. The van der Waals surface area contributed by atoms with Crippen molar-refractivity contribution in [2.24, 2.45) is 5.92 Å². The van der Waals surface area contributed by atoms with E-state index >= 15 is 0 Å². The number of nitrogens with zero attached hydrogens (tertiary/aromatic N) is 3. The number of ether oxygens (including phenoxy) is 4. The van der Waals surface area contributed by atoms with Crippen LogP contribution in [-0.2, 0) is 28.9 Å². The minimum absolute atomic E-state index is 0.0238. The SMILES string of the molecule is [C-]#[N+]CCOP(O[C@@H]1C[C@H](n2cc(C#CCNC(=O)CCC(C)C)c(=O)[nH]c2=O)O[C@@H]1COC(c1ccccc1)(c1ccc(OC)cc1)c1ccc(OC)cc1)N(C(C)C)C(C)C. The molecule has 0 radical (unpaired) electrons. The van der Waals surface area contributed by atoms with Crippen LogP contribution in [0.15, 0.2) is 94.6 Å². The number of rotatable bonds is 21. The molecule has 4 atom stereocenters. The number of aromatic nitrogens is 2. The van der Waals surface area contributed by atoms with Gasteiger partial charge in [0.05, 0.1) is 33.5 Å². The third kappa shape index (κ3) is 12.7. The number of methoxy groups -OCH3 is 2. The molecule has 3 aromatic carbocycles. The Bertz CT molecular complexity index is 2240. The van der Waals surface area contributed by atoms with Crippen molar-refractivity contribution < 1.29 is 32.8 Å². The van der Waals surface area contributed by atoms with Gasteiger partial charge in [0.25, 0.3) is 14.1 Å². The number of hydrogen-bond donors (Lipinski definition) is 2. The summed E-state index contributed by atoms with van der Waals surface area (Å²) in [5.41, 5.74) is -0.0185. The monoisotopic (exact) mass is 881 g/mol. The first kappa shape index (κ1) is 48.7. The van der Waals surface area contributed by atoms with Gasteiger partial charge >= 0.3 is 5.69 Å². The highest BCUT2D eigenvalue weighted by Crippen LogP contribution is 2.50. The first-order valence-corrected chi connectivity index (χ1v) is 22.4. The molecule has 0 aliphatic carbocycles. The zero-order valence-corrected chi connectivity index (χ0v) is 38.4. The lowest BCUT2D eigenvalue weighted by Crippen LogP contribution is -2.39. The van der Waals surface area contributed by atoms with Crippen molar-refractivity contribution in [2.45, 2.75) is 96.9 Å². The van der Waals surface area contributed by atoms with Crippen LogP contribution in [-0.4, -0.2) is 84.9 Å². The van der Waals surface area contributed by atoms with Gasteiger partial charge in [0.15, 0.2) is 0 Å². The number of aromatic amines is 1. The summed E-state index contributed by atoms with van der Waals surface area (Å²) >= 11 is 0. The van der Waals surface area contributed by atoms with Crippen LogP contribution in [0.1, 0.15) is 89.3 Å². The fourth-order valence-corrected chi connectivity index (χ4v) is 9.15. The molecule has 1 amide bonds. The van der Waals surface area contributed by atoms with E-state index in [-0.39, 0.29) is 56.3 Å². The Labute approximate surface area is 372 Å². The number of nitrogens with one attached hydrogen (secondary N) is 2. The molecule has 2 N–H and O–H groups in total. The Balaban J connectivity index is 1.57. The Morgan fingerprint density at radius 3 is 2.11 bits per heavy atom. The molecule has 1 fully saturated rings. The minimum atomic E-state index is -1.74. The van der Waals surface area contributed by atoms with Crippen molar-refractivity contribution in [1.29, 1.82) is 0 Å². The molecule has 336 valence electrons. The van der Waals surface area contributed by atoms with Crippen LogP contribution in [0, 0.1) is 24.3 Å². The van der Waals surface area contributed by atoms with E-state index < -0.39 is 43.8 Å². The van der Waals surface area contributed by atoms with Crippen LogP contribution >= 0.6 is 8.53 Å². The third-order valence-corrected chi connectivity index (χ3v) is 12.7. The fourth-order valence-electron chi connectivity index (χ4n) is 7.40. The van der Waals surface area contributed by atoms with Crippen LogP contribution in [0.5, 0.6) is 11.5 Å². The molecule has 5 rings (SSSR count). The maximum Gasteiger partial charge on any atom is 0.330 e. The molecule has 1 aliphatic rings. The van der Waals surface area contributed by atoms with E-state index in [2.05, 4.69) is 59.4 Å². The van der Waals surface area contributed by atoms with E-state index in [0.29, 0.717) is 23.8 Å². The van der Waals surface area contributed by atoms with Crippen molar-refractivity contribution in [2.75, 3.05) is 40.5 Å². The Kier molecular flexibility index (Phi) is 18.1. The van der Waals surface area contributed by atoms with Crippen LogP contribution in [0.2, 0.25) is 0 Å². The Hall–Kier alpha value is -5.31. The summed E-state index contributed by atoms with van der Waals surface area (Å²) in [7, 11) is 1.50. The van der Waals surface area contributed by atoms with Crippen LogP contribution < -0.4 is 26.0 Å². The summed E-state index contributed by atoms with van der Waals surface area (Å²) in [5, 5.41) is 2.76. The maximum atomic E-state index is 13.6. The van der Waals surface area contributed by atoms with Crippen molar-refractivity contribution in [3.05, 3.63) is 140 Å². The first-order chi connectivity index (χ1) is 30.3. The average Bonchev–Trinajstić information content (AvgIpc) is 3.67. The quantitative estimate of drug-likeness (QED) is 0.0285. The van der Waals surface area contributed by atoms with Gasteiger partial charge < -0.3 is 38.2 Å². The predicted molar refractivity (Wildman–Crippen MR) is 243 cm³/mol. The summed E-state index contributed by atoms with van der Waals surface area (Å²) in [6.45, 7) is 20.1. The van der Waals surface area contributed by atoms with E-state index in [1.807, 2.05) is 92.7 Å². The number of carbonyl (C=O) groups excluding carboxylic acids is 1. The van der Waals surface area contributed by atoms with Gasteiger partial charge in [0, 0.05) is 31.1 Å². The molecule has 0 bridgehead atoms. The van der Waals surface area contributed by atoms with E-state index in [1.54, 1.807) is 14.2 Å². The lowest BCUT2D eigenvalue weighted by molar-refractivity contribution is -0.121. The molecule has 14 nitrogen and oxygen atoms in total. The Morgan fingerprint density at radius 2 is 1.56 bits per heavy atom. The number of amides is 1. The normalized spacial score (nSPS) is 16.8. The lowest BCUT2D eigenvalue weighted by atomic mass is 9.80. The molecule has 1 saturated heterocycles. The van der Waals surface area contributed by atoms with Crippen molar-refractivity contribution in [3.8, 4) is 23.3 Å². The third-order valence-electron chi connectivity index (χ3n) is 10.5. The molecular formula is C48H60N5O9P. The second-order valence-corrected chi connectivity index (χ2v) is 17.5. The van der Waals surface area contributed by atoms with Crippen LogP contribution in [0.25, 0.3) is 4.85 Å². The number of H-pyrrole nitrogens is 1. The first-order valence-electron chi connectivity index (χ1n) is 21.3. The summed E-state index contributed by atoms with van der Waals surface area (Å²) < 4.78 is 41.9.